The van der Waals surface area contributed by atoms with Crippen LogP contribution in [0, 0.1) is 20.8 Å². The number of alkyl halides is 1. The number of carbonyl (C=O) groups excluding carboxylic acids is 1. The van der Waals surface area contributed by atoms with Gasteiger partial charge in [0.15, 0.2) is 0 Å². The standard InChI is InChI=1S/C11H12Cl2O/c1-6-4-7(2)9(8(3)5-6)10(12)11(13)14/h4-5,10H,1-3H3. The molecule has 0 heterocycles. The maximum atomic E-state index is 11.0. The summed E-state index contributed by atoms with van der Waals surface area (Å²) in [5.41, 5.74) is 4.01. The van der Waals surface area contributed by atoms with Crippen LogP contribution in [0.1, 0.15) is 27.6 Å². The molecule has 76 valence electrons. The highest BCUT2D eigenvalue weighted by Crippen LogP contribution is 2.29. The Balaban J connectivity index is 3.27. The van der Waals surface area contributed by atoms with Gasteiger partial charge in [0.2, 0.25) is 5.24 Å². The Labute approximate surface area is 94.0 Å². The molecule has 0 saturated heterocycles. The summed E-state index contributed by atoms with van der Waals surface area (Å²) in [4.78, 5) is 11.0. The van der Waals surface area contributed by atoms with Crippen LogP contribution in [-0.4, -0.2) is 5.24 Å². The van der Waals surface area contributed by atoms with E-state index in [1.165, 1.54) is 0 Å². The lowest BCUT2D eigenvalue weighted by atomic mass is 9.97. The highest BCUT2D eigenvalue weighted by atomic mass is 35.5. The minimum atomic E-state index is -0.739. The van der Waals surface area contributed by atoms with Crippen molar-refractivity contribution in [1.29, 1.82) is 0 Å². The van der Waals surface area contributed by atoms with Crippen LogP contribution in [0.5, 0.6) is 0 Å². The zero-order chi connectivity index (χ0) is 10.9. The van der Waals surface area contributed by atoms with Crippen molar-refractivity contribution >= 4 is 28.4 Å². The van der Waals surface area contributed by atoms with Crippen LogP contribution in [0.3, 0.4) is 0 Å². The predicted octanol–water partition coefficient (Wildman–Crippen LogP) is 3.66. The van der Waals surface area contributed by atoms with Gasteiger partial charge < -0.3 is 0 Å². The molecule has 1 rings (SSSR count). The van der Waals surface area contributed by atoms with Crippen molar-refractivity contribution in [3.05, 3.63) is 34.4 Å². The first-order chi connectivity index (χ1) is 6.43. The van der Waals surface area contributed by atoms with Gasteiger partial charge in [0.25, 0.3) is 0 Å². The summed E-state index contributed by atoms with van der Waals surface area (Å²) < 4.78 is 0. The third-order valence-corrected chi connectivity index (χ3v) is 2.94. The molecule has 0 amide bonds. The van der Waals surface area contributed by atoms with E-state index in [2.05, 4.69) is 0 Å². The van der Waals surface area contributed by atoms with E-state index in [1.54, 1.807) is 0 Å². The smallest absolute Gasteiger partial charge is 0.244 e. The van der Waals surface area contributed by atoms with Crippen molar-refractivity contribution in [3.63, 3.8) is 0 Å². The third kappa shape index (κ3) is 2.28. The van der Waals surface area contributed by atoms with E-state index in [0.29, 0.717) is 0 Å². The van der Waals surface area contributed by atoms with Gasteiger partial charge in [0.1, 0.15) is 5.38 Å². The van der Waals surface area contributed by atoms with E-state index < -0.39 is 10.6 Å². The molecule has 0 radical (unpaired) electrons. The van der Waals surface area contributed by atoms with Crippen molar-refractivity contribution in [2.24, 2.45) is 0 Å². The monoisotopic (exact) mass is 230 g/mol. The molecule has 0 aliphatic rings. The Morgan fingerprint density at radius 3 is 2.00 bits per heavy atom. The van der Waals surface area contributed by atoms with Crippen LogP contribution in [0.4, 0.5) is 0 Å². The number of aryl methyl sites for hydroxylation is 3. The number of rotatable bonds is 2. The van der Waals surface area contributed by atoms with Crippen LogP contribution >= 0.6 is 23.2 Å². The highest BCUT2D eigenvalue weighted by molar-refractivity contribution is 6.68. The molecule has 1 atom stereocenters. The van der Waals surface area contributed by atoms with Crippen molar-refractivity contribution < 1.29 is 4.79 Å². The molecule has 1 unspecified atom stereocenters. The van der Waals surface area contributed by atoms with Crippen molar-refractivity contribution in [3.8, 4) is 0 Å². The van der Waals surface area contributed by atoms with Crippen molar-refractivity contribution in [2.45, 2.75) is 26.1 Å². The van der Waals surface area contributed by atoms with Gasteiger partial charge in [-0.3, -0.25) is 4.79 Å². The van der Waals surface area contributed by atoms with Gasteiger partial charge in [0, 0.05) is 0 Å². The van der Waals surface area contributed by atoms with Crippen LogP contribution in [0.15, 0.2) is 12.1 Å². The number of benzene rings is 1. The number of halogens is 2. The molecular weight excluding hydrogens is 219 g/mol. The normalized spacial score (nSPS) is 12.6. The van der Waals surface area contributed by atoms with Gasteiger partial charge in [-0.2, -0.15) is 0 Å². The van der Waals surface area contributed by atoms with E-state index in [-0.39, 0.29) is 0 Å². The van der Waals surface area contributed by atoms with Crippen LogP contribution in [0.2, 0.25) is 0 Å². The molecule has 0 bridgehead atoms. The molecule has 0 aliphatic heterocycles. The minimum absolute atomic E-state index is 0.526. The molecule has 1 aromatic carbocycles. The Kier molecular flexibility index (Phi) is 3.57. The Morgan fingerprint density at radius 1 is 1.21 bits per heavy atom. The quantitative estimate of drug-likeness (QED) is 0.560. The molecule has 0 aromatic heterocycles. The summed E-state index contributed by atoms with van der Waals surface area (Å²) >= 11 is 11.3. The zero-order valence-electron chi connectivity index (χ0n) is 8.40. The molecule has 0 aliphatic carbocycles. The first-order valence-electron chi connectivity index (χ1n) is 4.34. The lowest BCUT2D eigenvalue weighted by Crippen LogP contribution is -2.04. The van der Waals surface area contributed by atoms with Crippen LogP contribution in [-0.2, 0) is 4.79 Å². The molecule has 0 spiro atoms. The van der Waals surface area contributed by atoms with E-state index in [0.717, 1.165) is 22.3 Å². The number of hydrogen-bond donors (Lipinski definition) is 0. The molecule has 3 heteroatoms. The summed E-state index contributed by atoms with van der Waals surface area (Å²) in [5, 5.41) is -1.26. The first-order valence-corrected chi connectivity index (χ1v) is 5.16. The Bertz CT molecular complexity index is 349. The average Bonchev–Trinajstić information content (AvgIpc) is 2.01. The molecule has 0 fully saturated rings. The second-order valence-corrected chi connectivity index (χ2v) is 4.29. The van der Waals surface area contributed by atoms with E-state index in [4.69, 9.17) is 23.2 Å². The van der Waals surface area contributed by atoms with Crippen LogP contribution < -0.4 is 0 Å². The van der Waals surface area contributed by atoms with Crippen LogP contribution in [0.25, 0.3) is 0 Å². The predicted molar refractivity (Wildman–Crippen MR) is 60.1 cm³/mol. The molecule has 1 aromatic rings. The van der Waals surface area contributed by atoms with E-state index in [9.17, 15) is 4.79 Å². The SMILES string of the molecule is Cc1cc(C)c(C(Cl)C(=O)Cl)c(C)c1. The number of carbonyl (C=O) groups is 1. The Hall–Kier alpha value is -0.530. The fraction of sp³-hybridized carbons (Fsp3) is 0.364. The maximum Gasteiger partial charge on any atom is 0.244 e. The summed E-state index contributed by atoms with van der Waals surface area (Å²) in [6.07, 6.45) is 0. The van der Waals surface area contributed by atoms with Gasteiger partial charge >= 0.3 is 0 Å². The third-order valence-electron chi connectivity index (χ3n) is 2.19. The fourth-order valence-corrected chi connectivity index (χ4v) is 2.16. The highest BCUT2D eigenvalue weighted by Gasteiger charge is 2.19. The van der Waals surface area contributed by atoms with E-state index >= 15 is 0 Å². The molecule has 0 N–H and O–H groups in total. The zero-order valence-corrected chi connectivity index (χ0v) is 9.91. The van der Waals surface area contributed by atoms with Gasteiger partial charge in [0.05, 0.1) is 0 Å². The molecule has 0 saturated carbocycles. The second-order valence-electron chi connectivity index (χ2n) is 3.48. The van der Waals surface area contributed by atoms with Crippen molar-refractivity contribution in [2.75, 3.05) is 0 Å². The van der Waals surface area contributed by atoms with Gasteiger partial charge in [-0.1, -0.05) is 17.7 Å². The topological polar surface area (TPSA) is 17.1 Å². The summed E-state index contributed by atoms with van der Waals surface area (Å²) in [7, 11) is 0. The van der Waals surface area contributed by atoms with Gasteiger partial charge in [-0.05, 0) is 49.1 Å². The van der Waals surface area contributed by atoms with E-state index in [1.807, 2.05) is 32.9 Å². The average molecular weight is 231 g/mol. The first kappa shape index (κ1) is 11.5. The molecular formula is C11H12Cl2O. The maximum absolute atomic E-state index is 11.0. The Morgan fingerprint density at radius 2 is 1.64 bits per heavy atom. The molecule has 14 heavy (non-hydrogen) atoms. The fourth-order valence-electron chi connectivity index (χ4n) is 1.70. The number of hydrogen-bond acceptors (Lipinski definition) is 1. The largest absolute Gasteiger partial charge is 0.279 e. The summed E-state index contributed by atoms with van der Waals surface area (Å²) in [6, 6.07) is 4.00. The van der Waals surface area contributed by atoms with Gasteiger partial charge in [-0.15, -0.1) is 11.6 Å². The lowest BCUT2D eigenvalue weighted by Gasteiger charge is -2.13. The summed E-state index contributed by atoms with van der Waals surface area (Å²) in [6.45, 7) is 5.88. The second kappa shape index (κ2) is 4.33. The van der Waals surface area contributed by atoms with Gasteiger partial charge in [-0.25, -0.2) is 0 Å². The summed E-state index contributed by atoms with van der Waals surface area (Å²) in [5.74, 6) is 0. The molecule has 1 nitrogen and oxygen atoms in total. The minimum Gasteiger partial charge on any atom is -0.279 e. The van der Waals surface area contributed by atoms with Crippen molar-refractivity contribution in [1.82, 2.24) is 0 Å². The lowest BCUT2D eigenvalue weighted by molar-refractivity contribution is -0.111.